The summed E-state index contributed by atoms with van der Waals surface area (Å²) in [4.78, 5) is 58.2. The van der Waals surface area contributed by atoms with Crippen molar-refractivity contribution in [1.29, 1.82) is 0 Å². The first kappa shape index (κ1) is 41.6. The van der Waals surface area contributed by atoms with Gasteiger partial charge in [-0.25, -0.2) is 9.59 Å². The number of alkyl carbamates (subject to hydrolysis) is 1. The van der Waals surface area contributed by atoms with Crippen LogP contribution in [0.2, 0.25) is 0 Å². The Morgan fingerprint density at radius 2 is 1.35 bits per heavy atom. The van der Waals surface area contributed by atoms with Gasteiger partial charge >= 0.3 is 12.1 Å². The predicted octanol–water partition coefficient (Wildman–Crippen LogP) is 7.27. The van der Waals surface area contributed by atoms with Crippen LogP contribution in [0.3, 0.4) is 0 Å². The Morgan fingerprint density at radius 1 is 0.750 bits per heavy atom. The van der Waals surface area contributed by atoms with E-state index in [-0.39, 0.29) is 25.1 Å². The van der Waals surface area contributed by atoms with E-state index in [4.69, 9.17) is 9.47 Å². The molecule has 0 aliphatic carbocycles. The van der Waals surface area contributed by atoms with E-state index in [9.17, 15) is 24.3 Å². The molecule has 3 amide bonds. The summed E-state index contributed by atoms with van der Waals surface area (Å²) in [6.45, 7) is 16.6. The summed E-state index contributed by atoms with van der Waals surface area (Å²) in [7, 11) is 0. The molecule has 52 heavy (non-hydrogen) atoms. The second kappa shape index (κ2) is 18.6. The SMILES string of the molecule is CCCCCN(C(=O)C(Cc1ccc(O)cc1)NC(=O)OC(C)(C)C)C(C(=O)NC(Cc1ccccc1)C(=O)OC(C)(C)C)c1cc(C)ccc1C. The molecule has 10 nitrogen and oxygen atoms in total. The Hall–Kier alpha value is -4.86. The minimum absolute atomic E-state index is 0.0645. The summed E-state index contributed by atoms with van der Waals surface area (Å²) in [6.07, 6.45) is 1.72. The fourth-order valence-corrected chi connectivity index (χ4v) is 5.79. The van der Waals surface area contributed by atoms with Crippen LogP contribution in [0.15, 0.2) is 72.8 Å². The summed E-state index contributed by atoms with van der Waals surface area (Å²) < 4.78 is 11.3. The third-order valence-electron chi connectivity index (χ3n) is 8.23. The summed E-state index contributed by atoms with van der Waals surface area (Å²) in [5.74, 6) is -1.57. The zero-order valence-corrected chi connectivity index (χ0v) is 32.2. The van der Waals surface area contributed by atoms with E-state index in [1.165, 1.54) is 17.0 Å². The molecule has 0 radical (unpaired) electrons. The molecule has 0 saturated carbocycles. The van der Waals surface area contributed by atoms with Gasteiger partial charge in [0.25, 0.3) is 0 Å². The summed E-state index contributed by atoms with van der Waals surface area (Å²) in [5, 5.41) is 15.7. The topological polar surface area (TPSA) is 134 Å². The molecule has 3 atom stereocenters. The van der Waals surface area contributed by atoms with E-state index in [1.54, 1.807) is 53.7 Å². The number of aromatic hydroxyl groups is 1. The monoisotopic (exact) mass is 715 g/mol. The molecule has 0 fully saturated rings. The van der Waals surface area contributed by atoms with Crippen LogP contribution in [0.4, 0.5) is 4.79 Å². The standard InChI is InChI=1S/C42H57N3O7/c1-10-11-15-24-45(38(48)34(44-40(50)52-42(7,8)9)26-31-20-22-32(46)23-21-31)36(33-25-28(2)18-19-29(33)3)37(47)43-35(39(49)51-41(4,5)6)27-30-16-13-12-14-17-30/h12-14,16-23,25,34-36,46H,10-11,15,24,26-27H2,1-9H3,(H,43,47)(H,44,50). The van der Waals surface area contributed by atoms with E-state index in [0.717, 1.165) is 29.5 Å². The number of ether oxygens (including phenoxy) is 2. The number of carbonyl (C=O) groups excluding carboxylic acids is 4. The number of hydrogen-bond donors (Lipinski definition) is 3. The summed E-state index contributed by atoms with van der Waals surface area (Å²) in [6, 6.07) is 18.1. The third-order valence-corrected chi connectivity index (χ3v) is 8.23. The maximum absolute atomic E-state index is 15.0. The van der Waals surface area contributed by atoms with Crippen molar-refractivity contribution in [2.75, 3.05) is 6.54 Å². The van der Waals surface area contributed by atoms with Crippen molar-refractivity contribution in [3.05, 3.63) is 101 Å². The highest BCUT2D eigenvalue weighted by Crippen LogP contribution is 2.29. The van der Waals surface area contributed by atoms with Crippen LogP contribution in [0.5, 0.6) is 5.75 Å². The highest BCUT2D eigenvalue weighted by molar-refractivity contribution is 5.94. The van der Waals surface area contributed by atoms with Gasteiger partial charge in [-0.05, 0) is 96.2 Å². The van der Waals surface area contributed by atoms with Crippen molar-refractivity contribution in [3.63, 3.8) is 0 Å². The van der Waals surface area contributed by atoms with Crippen molar-refractivity contribution in [2.24, 2.45) is 0 Å². The van der Waals surface area contributed by atoms with Crippen LogP contribution in [-0.4, -0.2) is 63.7 Å². The van der Waals surface area contributed by atoms with Gasteiger partial charge in [-0.3, -0.25) is 9.59 Å². The number of amides is 3. The zero-order chi connectivity index (χ0) is 38.6. The van der Waals surface area contributed by atoms with Crippen molar-refractivity contribution in [1.82, 2.24) is 15.5 Å². The van der Waals surface area contributed by atoms with E-state index in [2.05, 4.69) is 10.6 Å². The van der Waals surface area contributed by atoms with Crippen LogP contribution in [0.25, 0.3) is 0 Å². The highest BCUT2D eigenvalue weighted by atomic mass is 16.6. The molecule has 0 aliphatic heterocycles. The lowest BCUT2D eigenvalue weighted by molar-refractivity contribution is -0.159. The lowest BCUT2D eigenvalue weighted by Gasteiger charge is -2.36. The molecule has 3 unspecified atom stereocenters. The van der Waals surface area contributed by atoms with Crippen LogP contribution < -0.4 is 10.6 Å². The Kier molecular flexibility index (Phi) is 14.8. The van der Waals surface area contributed by atoms with Gasteiger partial charge < -0.3 is 30.1 Å². The second-order valence-electron chi connectivity index (χ2n) is 15.4. The lowest BCUT2D eigenvalue weighted by atomic mass is 9.94. The fraction of sp³-hybridized carbons (Fsp3) is 0.476. The van der Waals surface area contributed by atoms with Gasteiger partial charge in [0.1, 0.15) is 35.1 Å². The molecule has 0 heterocycles. The quantitative estimate of drug-likeness (QED) is 0.111. The van der Waals surface area contributed by atoms with E-state index in [0.29, 0.717) is 17.5 Å². The number of rotatable bonds is 15. The number of phenols is 1. The first-order valence-electron chi connectivity index (χ1n) is 18.1. The number of hydrogen-bond acceptors (Lipinski definition) is 7. The first-order valence-corrected chi connectivity index (χ1v) is 18.1. The molecule has 3 aromatic rings. The molecule has 3 N–H and O–H groups in total. The van der Waals surface area contributed by atoms with Gasteiger partial charge in [0.15, 0.2) is 0 Å². The maximum atomic E-state index is 15.0. The van der Waals surface area contributed by atoms with Gasteiger partial charge in [0, 0.05) is 19.4 Å². The Labute approximate surface area is 309 Å². The van der Waals surface area contributed by atoms with Gasteiger partial charge in [0.05, 0.1) is 0 Å². The Bertz CT molecular complexity index is 1640. The predicted molar refractivity (Wildman–Crippen MR) is 203 cm³/mol. The number of aryl methyl sites for hydroxylation is 2. The number of nitrogens with one attached hydrogen (secondary N) is 2. The molecule has 0 aliphatic rings. The summed E-state index contributed by atoms with van der Waals surface area (Å²) in [5.41, 5.74) is 2.15. The molecule has 3 aromatic carbocycles. The number of unbranched alkanes of at least 4 members (excludes halogenated alkanes) is 2. The normalized spacial score (nSPS) is 13.3. The number of carbonyl (C=O) groups is 4. The molecule has 10 heteroatoms. The Morgan fingerprint density at radius 3 is 1.94 bits per heavy atom. The molecule has 0 saturated heterocycles. The smallest absolute Gasteiger partial charge is 0.408 e. The van der Waals surface area contributed by atoms with Crippen molar-refractivity contribution >= 4 is 23.9 Å². The van der Waals surface area contributed by atoms with Gasteiger partial charge in [-0.1, -0.05) is 86.0 Å². The van der Waals surface area contributed by atoms with E-state index < -0.39 is 53.2 Å². The Balaban J connectivity index is 2.16. The lowest BCUT2D eigenvalue weighted by Crippen LogP contribution is -2.55. The van der Waals surface area contributed by atoms with Gasteiger partial charge in [-0.15, -0.1) is 0 Å². The first-order chi connectivity index (χ1) is 24.4. The highest BCUT2D eigenvalue weighted by Gasteiger charge is 2.39. The van der Waals surface area contributed by atoms with Crippen LogP contribution in [-0.2, 0) is 36.7 Å². The van der Waals surface area contributed by atoms with Crippen molar-refractivity contribution in [3.8, 4) is 5.75 Å². The molecular formula is C42H57N3O7. The fourth-order valence-electron chi connectivity index (χ4n) is 5.79. The van der Waals surface area contributed by atoms with Crippen LogP contribution in [0.1, 0.15) is 102 Å². The minimum atomic E-state index is -1.16. The van der Waals surface area contributed by atoms with Crippen molar-refractivity contribution < 1.29 is 33.8 Å². The molecular weight excluding hydrogens is 658 g/mol. The average molecular weight is 716 g/mol. The molecule has 0 spiro atoms. The molecule has 282 valence electrons. The third kappa shape index (κ3) is 13.4. The maximum Gasteiger partial charge on any atom is 0.408 e. The molecule has 0 bridgehead atoms. The minimum Gasteiger partial charge on any atom is -0.508 e. The van der Waals surface area contributed by atoms with E-state index in [1.807, 2.05) is 69.3 Å². The molecule has 3 rings (SSSR count). The largest absolute Gasteiger partial charge is 0.508 e. The molecule has 0 aromatic heterocycles. The van der Waals surface area contributed by atoms with Gasteiger partial charge in [0.2, 0.25) is 11.8 Å². The van der Waals surface area contributed by atoms with E-state index >= 15 is 0 Å². The summed E-state index contributed by atoms with van der Waals surface area (Å²) >= 11 is 0. The zero-order valence-electron chi connectivity index (χ0n) is 32.2. The number of esters is 1. The van der Waals surface area contributed by atoms with Crippen LogP contribution >= 0.6 is 0 Å². The average Bonchev–Trinajstić information content (AvgIpc) is 3.04. The number of nitrogens with zero attached hydrogens (tertiary/aromatic N) is 1. The number of benzene rings is 3. The van der Waals surface area contributed by atoms with Gasteiger partial charge in [-0.2, -0.15) is 0 Å². The van der Waals surface area contributed by atoms with Crippen LogP contribution in [0, 0.1) is 13.8 Å². The van der Waals surface area contributed by atoms with Crippen molar-refractivity contribution in [2.45, 2.75) is 124 Å². The number of phenolic OH excluding ortho intramolecular Hbond substituents is 1. The second-order valence-corrected chi connectivity index (χ2v) is 15.4.